The number of anilines is 1. The second-order valence-electron chi connectivity index (χ2n) is 6.03. The Morgan fingerprint density at radius 1 is 1.50 bits per heavy atom. The maximum absolute atomic E-state index is 12.2. The molecule has 0 radical (unpaired) electrons. The molecule has 2 N–H and O–H groups in total. The predicted molar refractivity (Wildman–Crippen MR) is 99.6 cm³/mol. The number of amidine groups is 1. The summed E-state index contributed by atoms with van der Waals surface area (Å²) in [5.74, 6) is -0.106. The molecule has 1 aliphatic rings. The summed E-state index contributed by atoms with van der Waals surface area (Å²) in [6.07, 6.45) is -0.0443. The van der Waals surface area contributed by atoms with Crippen molar-refractivity contribution < 1.29 is 19.2 Å². The number of carbonyl (C=O) groups is 2. The zero-order valence-corrected chi connectivity index (χ0v) is 15.5. The van der Waals surface area contributed by atoms with Gasteiger partial charge in [0.15, 0.2) is 5.17 Å². The number of aliphatic imine (C=N–C) groups is 1. The highest BCUT2D eigenvalue weighted by Crippen LogP contribution is 2.30. The van der Waals surface area contributed by atoms with Crippen LogP contribution in [-0.2, 0) is 9.59 Å². The minimum atomic E-state index is -0.565. The SMILES string of the molecule is COc1cc([N+](=O)[O-])ccc1NC(=O)C[C@@H]1SC(=NCC(C)C)NC1=O. The van der Waals surface area contributed by atoms with Gasteiger partial charge >= 0.3 is 0 Å². The average molecular weight is 380 g/mol. The first kappa shape index (κ1) is 19.7. The van der Waals surface area contributed by atoms with Gasteiger partial charge in [-0.3, -0.25) is 24.7 Å². The van der Waals surface area contributed by atoms with E-state index in [0.717, 1.165) is 0 Å². The molecule has 1 aliphatic heterocycles. The number of hydrogen-bond donors (Lipinski definition) is 2. The molecular weight excluding hydrogens is 360 g/mol. The quantitative estimate of drug-likeness (QED) is 0.552. The van der Waals surface area contributed by atoms with Crippen molar-refractivity contribution in [1.82, 2.24) is 5.32 Å². The minimum absolute atomic E-state index is 0.0443. The van der Waals surface area contributed by atoms with Crippen LogP contribution >= 0.6 is 11.8 Å². The Hall–Kier alpha value is -2.62. The fourth-order valence-electron chi connectivity index (χ4n) is 2.15. The molecule has 1 aromatic carbocycles. The van der Waals surface area contributed by atoms with E-state index in [1.165, 1.54) is 37.1 Å². The molecule has 0 unspecified atom stereocenters. The van der Waals surface area contributed by atoms with Gasteiger partial charge in [0.1, 0.15) is 11.0 Å². The lowest BCUT2D eigenvalue weighted by Crippen LogP contribution is -2.28. The molecule has 2 rings (SSSR count). The monoisotopic (exact) mass is 380 g/mol. The number of thioether (sulfide) groups is 1. The van der Waals surface area contributed by atoms with Crippen LogP contribution in [0.25, 0.3) is 0 Å². The Balaban J connectivity index is 2.00. The van der Waals surface area contributed by atoms with Crippen molar-refractivity contribution in [1.29, 1.82) is 0 Å². The van der Waals surface area contributed by atoms with Crippen LogP contribution in [-0.4, -0.2) is 40.8 Å². The summed E-state index contributed by atoms with van der Waals surface area (Å²) >= 11 is 1.22. The smallest absolute Gasteiger partial charge is 0.273 e. The van der Waals surface area contributed by atoms with Gasteiger partial charge in [0, 0.05) is 19.0 Å². The Morgan fingerprint density at radius 2 is 2.23 bits per heavy atom. The number of amides is 2. The van der Waals surface area contributed by atoms with E-state index in [1.807, 2.05) is 13.8 Å². The zero-order valence-electron chi connectivity index (χ0n) is 14.6. The van der Waals surface area contributed by atoms with E-state index in [4.69, 9.17) is 4.74 Å². The van der Waals surface area contributed by atoms with Gasteiger partial charge in [0.2, 0.25) is 11.8 Å². The van der Waals surface area contributed by atoms with Gasteiger partial charge in [-0.05, 0) is 12.0 Å². The fraction of sp³-hybridized carbons (Fsp3) is 0.438. The number of nitrogens with zero attached hydrogens (tertiary/aromatic N) is 2. The normalized spacial score (nSPS) is 18.1. The first-order valence-electron chi connectivity index (χ1n) is 7.94. The molecule has 1 fully saturated rings. The van der Waals surface area contributed by atoms with Crippen LogP contribution in [0.2, 0.25) is 0 Å². The van der Waals surface area contributed by atoms with Gasteiger partial charge in [-0.15, -0.1) is 0 Å². The summed E-state index contributed by atoms with van der Waals surface area (Å²) in [5, 5.41) is 16.0. The molecular formula is C16H20N4O5S. The number of non-ortho nitro benzene ring substituents is 1. The molecule has 10 heteroatoms. The third-order valence-electron chi connectivity index (χ3n) is 3.42. The highest BCUT2D eigenvalue weighted by Gasteiger charge is 2.32. The highest BCUT2D eigenvalue weighted by molar-refractivity contribution is 8.15. The van der Waals surface area contributed by atoms with E-state index in [-0.39, 0.29) is 23.8 Å². The van der Waals surface area contributed by atoms with Gasteiger partial charge in [-0.25, -0.2) is 0 Å². The zero-order chi connectivity index (χ0) is 19.3. The maximum atomic E-state index is 12.2. The van der Waals surface area contributed by atoms with Crippen molar-refractivity contribution in [3.63, 3.8) is 0 Å². The molecule has 0 aromatic heterocycles. The van der Waals surface area contributed by atoms with E-state index in [2.05, 4.69) is 15.6 Å². The number of methoxy groups -OCH3 is 1. The summed E-state index contributed by atoms with van der Waals surface area (Å²) in [6.45, 7) is 4.64. The molecule has 0 spiro atoms. The average Bonchev–Trinajstić information content (AvgIpc) is 2.92. The topological polar surface area (TPSA) is 123 Å². The van der Waals surface area contributed by atoms with Crippen LogP contribution in [0.15, 0.2) is 23.2 Å². The Labute approximate surface area is 154 Å². The van der Waals surface area contributed by atoms with Gasteiger partial charge in [0.25, 0.3) is 5.69 Å². The minimum Gasteiger partial charge on any atom is -0.494 e. The fourth-order valence-corrected chi connectivity index (χ4v) is 3.13. The second-order valence-corrected chi connectivity index (χ2v) is 7.22. The van der Waals surface area contributed by atoms with Crippen LogP contribution in [0, 0.1) is 16.0 Å². The van der Waals surface area contributed by atoms with Gasteiger partial charge in [0.05, 0.1) is 23.8 Å². The Bertz CT molecular complexity index is 750. The van der Waals surface area contributed by atoms with E-state index < -0.39 is 16.1 Å². The Kier molecular flexibility index (Phi) is 6.56. The molecule has 1 aromatic rings. The van der Waals surface area contributed by atoms with Gasteiger partial charge in [-0.1, -0.05) is 25.6 Å². The molecule has 0 saturated carbocycles. The molecule has 0 bridgehead atoms. The number of carbonyl (C=O) groups excluding carboxylic acids is 2. The standard InChI is InChI=1S/C16H20N4O5S/c1-9(2)8-17-16-19-15(22)13(26-16)7-14(21)18-11-5-4-10(20(23)24)6-12(11)25-3/h4-6,9,13H,7-8H2,1-3H3,(H,18,21)(H,17,19,22)/t13-/m0/s1. The van der Waals surface area contributed by atoms with E-state index in [0.29, 0.717) is 23.3 Å². The molecule has 0 aliphatic carbocycles. The number of hydrogen-bond acceptors (Lipinski definition) is 7. The summed E-state index contributed by atoms with van der Waals surface area (Å²) in [5.41, 5.74) is 0.164. The van der Waals surface area contributed by atoms with Crippen molar-refractivity contribution >= 4 is 40.1 Å². The van der Waals surface area contributed by atoms with Crippen LogP contribution in [0.5, 0.6) is 5.75 Å². The van der Waals surface area contributed by atoms with Crippen molar-refractivity contribution in [2.45, 2.75) is 25.5 Å². The lowest BCUT2D eigenvalue weighted by molar-refractivity contribution is -0.384. The number of rotatable bonds is 7. The van der Waals surface area contributed by atoms with E-state index in [9.17, 15) is 19.7 Å². The summed E-state index contributed by atoms with van der Waals surface area (Å²) in [7, 11) is 1.35. The van der Waals surface area contributed by atoms with E-state index in [1.54, 1.807) is 0 Å². The first-order chi connectivity index (χ1) is 12.3. The van der Waals surface area contributed by atoms with Gasteiger partial charge < -0.3 is 15.4 Å². The number of nitro benzene ring substituents is 1. The predicted octanol–water partition coefficient (Wildman–Crippen LogP) is 2.18. The molecule has 1 heterocycles. The molecule has 2 amide bonds. The van der Waals surface area contributed by atoms with Crippen LogP contribution in [0.4, 0.5) is 11.4 Å². The van der Waals surface area contributed by atoms with Crippen molar-refractivity contribution in [3.8, 4) is 5.75 Å². The third-order valence-corrected chi connectivity index (χ3v) is 4.54. The van der Waals surface area contributed by atoms with Crippen LogP contribution in [0.1, 0.15) is 20.3 Å². The summed E-state index contributed by atoms with van der Waals surface area (Å²) < 4.78 is 5.08. The van der Waals surface area contributed by atoms with Crippen molar-refractivity contribution in [2.75, 3.05) is 19.0 Å². The van der Waals surface area contributed by atoms with E-state index >= 15 is 0 Å². The lowest BCUT2D eigenvalue weighted by Gasteiger charge is -2.11. The van der Waals surface area contributed by atoms with Crippen LogP contribution in [0.3, 0.4) is 0 Å². The van der Waals surface area contributed by atoms with Gasteiger partial charge in [-0.2, -0.15) is 0 Å². The Morgan fingerprint density at radius 3 is 2.85 bits per heavy atom. The third kappa shape index (κ3) is 5.19. The number of benzene rings is 1. The lowest BCUT2D eigenvalue weighted by atomic mass is 10.2. The molecule has 1 atom stereocenters. The molecule has 140 valence electrons. The highest BCUT2D eigenvalue weighted by atomic mass is 32.2. The molecule has 26 heavy (non-hydrogen) atoms. The molecule has 1 saturated heterocycles. The summed E-state index contributed by atoms with van der Waals surface area (Å²) in [4.78, 5) is 38.8. The van der Waals surface area contributed by atoms with Crippen LogP contribution < -0.4 is 15.4 Å². The largest absolute Gasteiger partial charge is 0.494 e. The molecule has 9 nitrogen and oxygen atoms in total. The maximum Gasteiger partial charge on any atom is 0.273 e. The second kappa shape index (κ2) is 8.65. The summed E-state index contributed by atoms with van der Waals surface area (Å²) in [6, 6.07) is 3.89. The van der Waals surface area contributed by atoms with Crippen molar-refractivity contribution in [3.05, 3.63) is 28.3 Å². The number of nitrogens with one attached hydrogen (secondary N) is 2. The first-order valence-corrected chi connectivity index (χ1v) is 8.82. The number of nitro groups is 1. The van der Waals surface area contributed by atoms with Crippen molar-refractivity contribution in [2.24, 2.45) is 10.9 Å². The number of ether oxygens (including phenoxy) is 1.